The number of aryl methyl sites for hydroxylation is 1. The molecule has 5 rings (SSSR count). The summed E-state index contributed by atoms with van der Waals surface area (Å²) in [4.78, 5) is 25.6. The van der Waals surface area contributed by atoms with Gasteiger partial charge in [-0.3, -0.25) is 0 Å². The number of halogens is 3. The summed E-state index contributed by atoms with van der Waals surface area (Å²) in [6.07, 6.45) is -3.27. The number of rotatable bonds is 5. The van der Waals surface area contributed by atoms with E-state index in [1.165, 1.54) is 19.2 Å². The maximum atomic E-state index is 13.7. The van der Waals surface area contributed by atoms with E-state index in [0.717, 1.165) is 28.8 Å². The molecule has 2 saturated heterocycles. The molecule has 37 heavy (non-hydrogen) atoms. The Kier molecular flexibility index (Phi) is 6.09. The van der Waals surface area contributed by atoms with E-state index in [1.54, 1.807) is 30.0 Å². The Morgan fingerprint density at radius 3 is 2.46 bits per heavy atom. The van der Waals surface area contributed by atoms with E-state index in [0.29, 0.717) is 41.8 Å². The van der Waals surface area contributed by atoms with Gasteiger partial charge in [0.25, 0.3) is 0 Å². The molecule has 2 fully saturated rings. The molecule has 0 unspecified atom stereocenters. The van der Waals surface area contributed by atoms with Crippen molar-refractivity contribution in [3.63, 3.8) is 0 Å². The molecule has 2 atom stereocenters. The molecule has 2 amide bonds. The summed E-state index contributed by atoms with van der Waals surface area (Å²) in [6.45, 7) is 2.29. The number of fused-ring (bicyclic) bond motifs is 1. The molecule has 6 nitrogen and oxygen atoms in total. The second kappa shape index (κ2) is 9.14. The molecule has 9 heteroatoms. The van der Waals surface area contributed by atoms with Gasteiger partial charge >= 0.3 is 18.2 Å². The van der Waals surface area contributed by atoms with E-state index in [1.807, 2.05) is 12.1 Å². The van der Waals surface area contributed by atoms with Crippen molar-refractivity contribution >= 4 is 12.0 Å². The zero-order valence-electron chi connectivity index (χ0n) is 20.2. The fourth-order valence-corrected chi connectivity index (χ4v) is 5.46. The van der Waals surface area contributed by atoms with Gasteiger partial charge in [-0.25, -0.2) is 9.59 Å². The molecule has 0 aromatic heterocycles. The highest BCUT2D eigenvalue weighted by Crippen LogP contribution is 2.46. The van der Waals surface area contributed by atoms with Gasteiger partial charge in [0.15, 0.2) is 0 Å². The number of hydrogen-bond acceptors (Lipinski definition) is 3. The van der Waals surface area contributed by atoms with Gasteiger partial charge in [0.1, 0.15) is 5.75 Å². The maximum absolute atomic E-state index is 13.7. The molecule has 2 heterocycles. The molecule has 2 N–H and O–H groups in total. The number of nitrogens with one attached hydrogen (secondary N) is 1. The van der Waals surface area contributed by atoms with Crippen LogP contribution in [0.5, 0.6) is 5.75 Å². The minimum Gasteiger partial charge on any atom is -0.496 e. The quantitative estimate of drug-likeness (QED) is 0.423. The summed E-state index contributed by atoms with van der Waals surface area (Å²) in [7, 11) is 1.49. The van der Waals surface area contributed by atoms with Crippen molar-refractivity contribution in [2.45, 2.75) is 38.0 Å². The molecule has 2 aliphatic rings. The molecule has 2 aliphatic heterocycles. The van der Waals surface area contributed by atoms with Gasteiger partial charge in [0.05, 0.1) is 30.3 Å². The molecule has 3 aromatic carbocycles. The Hall–Kier alpha value is -4.01. The van der Waals surface area contributed by atoms with Gasteiger partial charge < -0.3 is 20.1 Å². The monoisotopic (exact) mass is 510 g/mol. The molecule has 0 saturated carbocycles. The third-order valence-electron chi connectivity index (χ3n) is 7.24. The van der Waals surface area contributed by atoms with Gasteiger partial charge in [0, 0.05) is 12.1 Å². The van der Waals surface area contributed by atoms with Gasteiger partial charge in [-0.1, -0.05) is 18.2 Å². The summed E-state index contributed by atoms with van der Waals surface area (Å²) < 4.78 is 46.8. The van der Waals surface area contributed by atoms with Crippen LogP contribution in [0.4, 0.5) is 18.0 Å². The molecule has 0 radical (unpaired) electrons. The Labute approximate surface area is 211 Å². The summed E-state index contributed by atoms with van der Waals surface area (Å²) >= 11 is 0. The van der Waals surface area contributed by atoms with Crippen LogP contribution >= 0.6 is 0 Å². The third-order valence-corrected chi connectivity index (χ3v) is 7.24. The van der Waals surface area contributed by atoms with Gasteiger partial charge in [-0.15, -0.1) is 0 Å². The summed E-state index contributed by atoms with van der Waals surface area (Å²) in [5, 5.41) is 12.1. The number of urea groups is 1. The van der Waals surface area contributed by atoms with Crippen molar-refractivity contribution < 1.29 is 32.6 Å². The second-order valence-electron chi connectivity index (χ2n) is 9.39. The van der Waals surface area contributed by atoms with Gasteiger partial charge in [0.2, 0.25) is 0 Å². The highest BCUT2D eigenvalue weighted by molar-refractivity contribution is 5.89. The smallest absolute Gasteiger partial charge is 0.416 e. The second-order valence-corrected chi connectivity index (χ2v) is 9.39. The number of methoxy groups -OCH3 is 1. The molecular weight excluding hydrogens is 485 g/mol. The number of benzene rings is 3. The molecule has 192 valence electrons. The number of hydrogen-bond donors (Lipinski definition) is 2. The van der Waals surface area contributed by atoms with Crippen molar-refractivity contribution in [2.75, 3.05) is 13.7 Å². The Morgan fingerprint density at radius 2 is 1.78 bits per heavy atom. The van der Waals surface area contributed by atoms with Crippen LogP contribution in [0, 0.1) is 6.92 Å². The normalized spacial score (nSPS) is 19.1. The predicted molar refractivity (Wildman–Crippen MR) is 132 cm³/mol. The highest BCUT2D eigenvalue weighted by Gasteiger charge is 2.43. The van der Waals surface area contributed by atoms with Crippen molar-refractivity contribution in [1.29, 1.82) is 0 Å². The number of alkyl halides is 3. The van der Waals surface area contributed by atoms with Crippen LogP contribution in [0.25, 0.3) is 22.3 Å². The standard InChI is InChI=1S/C28H25F3N2O4/c1-15-11-17(26(34)35)3-7-20(15)16-4-10-25(37-2)23(12-16)21-8-5-18(28(29,30)31)13-22(21)24-9-6-19-14-32-27(36)33(19)24/h3-5,7-8,10-13,19,24H,6,9,14H2,1-2H3,(H,32,36)(H,34,35)/t19-,24-/m0/s1. The molecule has 3 aromatic rings. The fraction of sp³-hybridized carbons (Fsp3) is 0.286. The number of carboxylic acid groups (broad SMARTS) is 1. The van der Waals surface area contributed by atoms with E-state index in [2.05, 4.69) is 5.32 Å². The van der Waals surface area contributed by atoms with Crippen molar-refractivity contribution in [2.24, 2.45) is 0 Å². The number of amides is 2. The minimum absolute atomic E-state index is 0.0523. The van der Waals surface area contributed by atoms with Crippen LogP contribution in [-0.4, -0.2) is 41.7 Å². The van der Waals surface area contributed by atoms with Gasteiger partial charge in [-0.2, -0.15) is 13.2 Å². The number of carbonyl (C=O) groups is 2. The lowest BCUT2D eigenvalue weighted by molar-refractivity contribution is -0.137. The van der Waals surface area contributed by atoms with E-state index < -0.39 is 23.8 Å². The van der Waals surface area contributed by atoms with Crippen LogP contribution in [0.3, 0.4) is 0 Å². The van der Waals surface area contributed by atoms with Crippen LogP contribution in [0.2, 0.25) is 0 Å². The first-order valence-electron chi connectivity index (χ1n) is 11.9. The minimum atomic E-state index is -4.53. The molecule has 0 spiro atoms. The van der Waals surface area contributed by atoms with Crippen LogP contribution in [0.1, 0.15) is 45.9 Å². The number of aromatic carboxylic acids is 1. The number of ether oxygens (including phenoxy) is 1. The molecule has 0 aliphatic carbocycles. The maximum Gasteiger partial charge on any atom is 0.416 e. The lowest BCUT2D eigenvalue weighted by Crippen LogP contribution is -2.32. The number of nitrogens with zero attached hydrogens (tertiary/aromatic N) is 1. The predicted octanol–water partition coefficient (Wildman–Crippen LogP) is 6.28. The average Bonchev–Trinajstić information content (AvgIpc) is 3.45. The van der Waals surface area contributed by atoms with Crippen LogP contribution in [-0.2, 0) is 6.18 Å². The lowest BCUT2D eigenvalue weighted by Gasteiger charge is -2.27. The topological polar surface area (TPSA) is 78.9 Å². The zero-order valence-corrected chi connectivity index (χ0v) is 20.2. The van der Waals surface area contributed by atoms with E-state index in [4.69, 9.17) is 4.74 Å². The van der Waals surface area contributed by atoms with Gasteiger partial charge in [-0.05, 0) is 84.0 Å². The fourth-order valence-electron chi connectivity index (χ4n) is 5.46. The Morgan fingerprint density at radius 1 is 1.03 bits per heavy atom. The Balaban J connectivity index is 1.68. The van der Waals surface area contributed by atoms with Crippen molar-refractivity contribution in [3.05, 3.63) is 76.9 Å². The summed E-state index contributed by atoms with van der Waals surface area (Å²) in [5.41, 5.74) is 3.26. The lowest BCUT2D eigenvalue weighted by atomic mass is 9.89. The third kappa shape index (κ3) is 4.39. The number of carboxylic acids is 1. The Bertz CT molecular complexity index is 1400. The SMILES string of the molecule is COc1ccc(-c2ccc(C(=O)O)cc2C)cc1-c1ccc(C(F)(F)F)cc1[C@@H]1CC[C@H]2CNC(=O)N21. The summed E-state index contributed by atoms with van der Waals surface area (Å²) in [5.74, 6) is -0.551. The van der Waals surface area contributed by atoms with E-state index in [-0.39, 0.29) is 17.6 Å². The molecular formula is C28H25F3N2O4. The number of carbonyl (C=O) groups excluding carboxylic acids is 1. The van der Waals surface area contributed by atoms with Crippen LogP contribution < -0.4 is 10.1 Å². The highest BCUT2D eigenvalue weighted by atomic mass is 19.4. The molecule has 0 bridgehead atoms. The first kappa shape index (κ1) is 24.7. The first-order chi connectivity index (χ1) is 17.6. The van der Waals surface area contributed by atoms with Crippen molar-refractivity contribution in [1.82, 2.24) is 10.2 Å². The average molecular weight is 511 g/mol. The zero-order chi connectivity index (χ0) is 26.5. The summed E-state index contributed by atoms with van der Waals surface area (Å²) in [6, 6.07) is 13.0. The van der Waals surface area contributed by atoms with E-state index >= 15 is 0 Å². The first-order valence-corrected chi connectivity index (χ1v) is 11.9. The van der Waals surface area contributed by atoms with Crippen molar-refractivity contribution in [3.8, 4) is 28.0 Å². The van der Waals surface area contributed by atoms with Crippen LogP contribution in [0.15, 0.2) is 54.6 Å². The largest absolute Gasteiger partial charge is 0.496 e. The van der Waals surface area contributed by atoms with E-state index in [9.17, 15) is 27.9 Å².